The van der Waals surface area contributed by atoms with E-state index in [4.69, 9.17) is 0 Å². The van der Waals surface area contributed by atoms with Crippen molar-refractivity contribution in [2.24, 2.45) is 0 Å². The van der Waals surface area contributed by atoms with Crippen LogP contribution in [0.15, 0.2) is 261 Å². The van der Waals surface area contributed by atoms with Crippen molar-refractivity contribution in [3.05, 3.63) is 271 Å². The van der Waals surface area contributed by atoms with Crippen molar-refractivity contribution < 1.29 is 0 Å². The fourth-order valence-corrected chi connectivity index (χ4v) is 14.0. The van der Waals surface area contributed by atoms with E-state index in [1.54, 1.807) is 0 Å². The lowest BCUT2D eigenvalue weighted by atomic mass is 9.87. The van der Waals surface area contributed by atoms with Gasteiger partial charge in [0.2, 0.25) is 0 Å². The van der Waals surface area contributed by atoms with Gasteiger partial charge in [0.1, 0.15) is 0 Å². The molecule has 0 saturated heterocycles. The molecule has 0 N–H and O–H groups in total. The summed E-state index contributed by atoms with van der Waals surface area (Å²) in [5.41, 5.74) is 10.1. The molecule has 1 unspecified atom stereocenters. The number of anilines is 5. The Balaban J connectivity index is 0.946. The lowest BCUT2D eigenvalue weighted by Gasteiger charge is -2.42. The summed E-state index contributed by atoms with van der Waals surface area (Å²) < 4.78 is 2.63. The number of hydrogen-bond acceptors (Lipinski definition) is 3. The van der Waals surface area contributed by atoms with Crippen LogP contribution in [0.4, 0.5) is 28.4 Å². The smallest absolute Gasteiger partial charge is 0.0657 e. The summed E-state index contributed by atoms with van der Waals surface area (Å²) in [7, 11) is 0. The van der Waals surface area contributed by atoms with E-state index in [0.29, 0.717) is 0 Å². The van der Waals surface area contributed by atoms with Gasteiger partial charge in [-0.15, -0.1) is 11.3 Å². The zero-order valence-electron chi connectivity index (χ0n) is 42.0. The first-order valence-corrected chi connectivity index (χ1v) is 27.2. The predicted molar refractivity (Wildman–Crippen MR) is 329 cm³/mol. The molecule has 358 valence electrons. The second-order valence-corrected chi connectivity index (χ2v) is 21.6. The van der Waals surface area contributed by atoms with E-state index >= 15 is 0 Å². The van der Waals surface area contributed by atoms with Crippen molar-refractivity contribution in [2.45, 2.75) is 18.9 Å². The summed E-state index contributed by atoms with van der Waals surface area (Å²) in [5.74, 6) is 0. The molecule has 1 heterocycles. The van der Waals surface area contributed by atoms with Crippen molar-refractivity contribution in [2.75, 3.05) is 9.80 Å². The van der Waals surface area contributed by atoms with Crippen LogP contribution in [-0.4, -0.2) is 5.54 Å². The Labute approximate surface area is 445 Å². The number of fused-ring (bicyclic) bond motifs is 14. The number of thiophene rings is 1. The van der Waals surface area contributed by atoms with Gasteiger partial charge in [0.05, 0.1) is 11.2 Å². The summed E-state index contributed by atoms with van der Waals surface area (Å²) in [6.07, 6.45) is 5.95. The van der Waals surface area contributed by atoms with Gasteiger partial charge in [0, 0.05) is 53.9 Å². The number of nitrogens with zero attached hydrogens (tertiary/aromatic N) is 2. The third kappa shape index (κ3) is 7.15. The summed E-state index contributed by atoms with van der Waals surface area (Å²) in [5, 5.41) is 17.7. The summed E-state index contributed by atoms with van der Waals surface area (Å²) in [6.45, 7) is 2.44. The quantitative estimate of drug-likeness (QED) is 0.140. The Kier molecular flexibility index (Phi) is 10.3. The second-order valence-electron chi connectivity index (χ2n) is 20.6. The van der Waals surface area contributed by atoms with Crippen LogP contribution in [0.25, 0.3) is 109 Å². The average Bonchev–Trinajstić information content (AvgIpc) is 3.90. The molecule has 0 radical (unpaired) electrons. The molecule has 13 aromatic carbocycles. The highest BCUT2D eigenvalue weighted by Gasteiger charge is 2.35. The first-order chi connectivity index (χ1) is 37.5. The zero-order valence-corrected chi connectivity index (χ0v) is 42.8. The first-order valence-electron chi connectivity index (χ1n) is 26.4. The molecule has 1 aliphatic rings. The lowest BCUT2D eigenvalue weighted by molar-refractivity contribution is 0.618. The SMILES string of the molecule is CC1(N(c2ccc3ccc4ccccc4c3c2)c2ccccc2-c2ccccc2)C=c2sc3c4ccc(N(c5ccc6ccc7ccccc7c6c5)c5ccccc5-c5ccccc5)cc4c4ccccc4c3c2=CC1. The number of hydrogen-bond donors (Lipinski definition) is 0. The van der Waals surface area contributed by atoms with Crippen molar-refractivity contribution in [1.82, 2.24) is 0 Å². The Bertz CT molecular complexity index is 4770. The van der Waals surface area contributed by atoms with Crippen LogP contribution in [0.2, 0.25) is 0 Å². The van der Waals surface area contributed by atoms with E-state index in [1.165, 1.54) is 118 Å². The van der Waals surface area contributed by atoms with Gasteiger partial charge in [0.25, 0.3) is 0 Å². The highest BCUT2D eigenvalue weighted by Crippen LogP contribution is 2.47. The molecule has 1 aliphatic carbocycles. The largest absolute Gasteiger partial charge is 0.331 e. The fourth-order valence-electron chi connectivity index (χ4n) is 12.5. The molecule has 0 fully saturated rings. The van der Waals surface area contributed by atoms with Gasteiger partial charge in [-0.3, -0.25) is 0 Å². The lowest BCUT2D eigenvalue weighted by Crippen LogP contribution is -2.46. The van der Waals surface area contributed by atoms with E-state index < -0.39 is 5.54 Å². The van der Waals surface area contributed by atoms with E-state index in [1.807, 2.05) is 11.3 Å². The Morgan fingerprint density at radius 2 is 0.829 bits per heavy atom. The highest BCUT2D eigenvalue weighted by atomic mass is 32.1. The minimum atomic E-state index is -0.423. The van der Waals surface area contributed by atoms with E-state index in [9.17, 15) is 0 Å². The Morgan fingerprint density at radius 1 is 0.368 bits per heavy atom. The van der Waals surface area contributed by atoms with Crippen LogP contribution in [0.1, 0.15) is 13.3 Å². The number of benzene rings is 13. The molecule has 14 aromatic rings. The van der Waals surface area contributed by atoms with Crippen LogP contribution in [0.5, 0.6) is 0 Å². The molecule has 0 saturated carbocycles. The maximum atomic E-state index is 2.63. The van der Waals surface area contributed by atoms with Gasteiger partial charge >= 0.3 is 0 Å². The maximum Gasteiger partial charge on any atom is 0.0657 e. The van der Waals surface area contributed by atoms with E-state index in [2.05, 4.69) is 290 Å². The molecule has 76 heavy (non-hydrogen) atoms. The van der Waals surface area contributed by atoms with Crippen molar-refractivity contribution in [3.63, 3.8) is 0 Å². The van der Waals surface area contributed by atoms with Crippen molar-refractivity contribution in [1.29, 1.82) is 0 Å². The average molecular weight is 987 g/mol. The van der Waals surface area contributed by atoms with Gasteiger partial charge in [-0.05, 0) is 144 Å². The number of rotatable bonds is 8. The van der Waals surface area contributed by atoms with Crippen molar-refractivity contribution in [3.8, 4) is 22.3 Å². The molecule has 0 amide bonds. The normalized spacial score (nSPS) is 14.3. The molecular weight excluding hydrogens is 937 g/mol. The standard InChI is InChI=1S/C73H50N2S/c1-73(75(69-31-17-15-27-60(69)49-20-6-3-7-21-49)56-39-37-53-35-33-51-23-9-11-25-58(51)66(53)46-56)43-42-64-70(47-73)76-72-63-41-40-55(45-67(63)61-28-12-13-29-62(61)71(64)72)74(68-30-16-14-26-59(68)48-18-4-2-5-19-48)54-38-36-52-34-32-50-22-8-10-24-57(50)65(52)44-54/h2-42,44-47H,43H2,1H3. The van der Waals surface area contributed by atoms with Gasteiger partial charge in [-0.25, -0.2) is 0 Å². The fraction of sp³-hybridized carbons (Fsp3) is 0.0411. The molecule has 1 aromatic heterocycles. The van der Waals surface area contributed by atoms with Crippen LogP contribution < -0.4 is 19.6 Å². The van der Waals surface area contributed by atoms with E-state index in [-0.39, 0.29) is 0 Å². The maximum absolute atomic E-state index is 2.63. The predicted octanol–water partition coefficient (Wildman–Crippen LogP) is 19.2. The minimum absolute atomic E-state index is 0.423. The van der Waals surface area contributed by atoms with Crippen LogP contribution >= 0.6 is 11.3 Å². The third-order valence-electron chi connectivity index (χ3n) is 16.1. The van der Waals surface area contributed by atoms with Gasteiger partial charge in [-0.1, -0.05) is 218 Å². The van der Waals surface area contributed by atoms with Crippen LogP contribution in [-0.2, 0) is 0 Å². The highest BCUT2D eigenvalue weighted by molar-refractivity contribution is 7.18. The zero-order chi connectivity index (χ0) is 50.3. The van der Waals surface area contributed by atoms with E-state index in [0.717, 1.165) is 23.5 Å². The molecule has 0 spiro atoms. The molecule has 2 nitrogen and oxygen atoms in total. The summed E-state index contributed by atoms with van der Waals surface area (Å²) in [4.78, 5) is 5.10. The van der Waals surface area contributed by atoms with Gasteiger partial charge in [-0.2, -0.15) is 0 Å². The number of para-hydroxylation sites is 2. The van der Waals surface area contributed by atoms with Gasteiger partial charge < -0.3 is 9.80 Å². The molecule has 0 bridgehead atoms. The topological polar surface area (TPSA) is 6.48 Å². The van der Waals surface area contributed by atoms with Gasteiger partial charge in [0.15, 0.2) is 0 Å². The molecular formula is C73H50N2S. The molecule has 1 atom stereocenters. The first kappa shape index (κ1) is 44.2. The Morgan fingerprint density at radius 3 is 1.47 bits per heavy atom. The molecule has 0 aliphatic heterocycles. The van der Waals surface area contributed by atoms with Crippen LogP contribution in [0, 0.1) is 0 Å². The Hall–Kier alpha value is -9.28. The monoisotopic (exact) mass is 986 g/mol. The third-order valence-corrected chi connectivity index (χ3v) is 17.3. The van der Waals surface area contributed by atoms with Crippen LogP contribution in [0.3, 0.4) is 0 Å². The summed E-state index contributed by atoms with van der Waals surface area (Å²) >= 11 is 1.94. The van der Waals surface area contributed by atoms with Crippen molar-refractivity contribution >= 4 is 127 Å². The second kappa shape index (κ2) is 17.7. The summed E-state index contributed by atoms with van der Waals surface area (Å²) in [6, 6.07) is 96.4. The molecule has 3 heteroatoms. The minimum Gasteiger partial charge on any atom is -0.331 e. The molecule has 15 rings (SSSR count).